The molecule has 96 valence electrons. The van der Waals surface area contributed by atoms with Crippen molar-refractivity contribution in [2.75, 3.05) is 13.1 Å². The van der Waals surface area contributed by atoms with Gasteiger partial charge in [0.25, 0.3) is 0 Å². The first-order chi connectivity index (χ1) is 8.19. The van der Waals surface area contributed by atoms with E-state index in [1.54, 1.807) is 0 Å². The number of allylic oxidation sites excluding steroid dienone is 1. The highest BCUT2D eigenvalue weighted by molar-refractivity contribution is 7.60. The van der Waals surface area contributed by atoms with Gasteiger partial charge in [-0.05, 0) is 32.1 Å². The van der Waals surface area contributed by atoms with Crippen LogP contribution in [-0.2, 0) is 4.57 Å². The fraction of sp³-hybridized carbons (Fsp3) is 0.846. The van der Waals surface area contributed by atoms with Crippen LogP contribution < -0.4 is 0 Å². The van der Waals surface area contributed by atoms with E-state index in [2.05, 4.69) is 22.8 Å². The largest absolute Gasteiger partial charge is 0.288 e. The van der Waals surface area contributed by atoms with E-state index in [-0.39, 0.29) is 5.66 Å². The molecule has 3 unspecified atom stereocenters. The monoisotopic (exact) mass is 254 g/mol. The van der Waals surface area contributed by atoms with Gasteiger partial charge in [0, 0.05) is 30.8 Å². The van der Waals surface area contributed by atoms with Gasteiger partial charge in [0.15, 0.2) is 0 Å². The van der Waals surface area contributed by atoms with Gasteiger partial charge in [-0.3, -0.25) is 4.57 Å². The van der Waals surface area contributed by atoms with Gasteiger partial charge < -0.3 is 0 Å². The number of hydrogen-bond donors (Lipinski definition) is 0. The maximum absolute atomic E-state index is 13.5. The van der Waals surface area contributed by atoms with Crippen LogP contribution in [0.5, 0.6) is 0 Å². The summed E-state index contributed by atoms with van der Waals surface area (Å²) in [5.41, 5.74) is 0.253. The van der Waals surface area contributed by atoms with Crippen molar-refractivity contribution in [1.29, 1.82) is 0 Å². The summed E-state index contributed by atoms with van der Waals surface area (Å²) in [6.45, 7) is 8.07. The molecule has 17 heavy (non-hydrogen) atoms. The highest BCUT2D eigenvalue weighted by Gasteiger charge is 2.58. The molecule has 0 bridgehead atoms. The number of hydrogen-bond acceptors (Lipinski definition) is 1. The summed E-state index contributed by atoms with van der Waals surface area (Å²) in [6.07, 6.45) is 7.79. The van der Waals surface area contributed by atoms with Crippen LogP contribution in [0.1, 0.15) is 39.0 Å². The van der Waals surface area contributed by atoms with Crippen LogP contribution >= 0.6 is 7.44 Å². The lowest BCUT2D eigenvalue weighted by Gasteiger charge is -2.33. The number of nitrogens with zero attached hydrogens (tertiary/aromatic N) is 2. The summed E-state index contributed by atoms with van der Waals surface area (Å²) >= 11 is 0. The SMILES string of the molecule is C=CCC(C)P1(=O)N2CCCC2C2CCCN21. The lowest BCUT2D eigenvalue weighted by atomic mass is 10.1. The van der Waals surface area contributed by atoms with Crippen molar-refractivity contribution in [3.05, 3.63) is 12.7 Å². The Labute approximate surface area is 104 Å². The predicted octanol–water partition coefficient (Wildman–Crippen LogP) is 3.09. The van der Waals surface area contributed by atoms with Crippen molar-refractivity contribution in [1.82, 2.24) is 9.34 Å². The number of rotatable bonds is 3. The molecule has 3 aliphatic heterocycles. The summed E-state index contributed by atoms with van der Waals surface area (Å²) in [5, 5.41) is 0. The summed E-state index contributed by atoms with van der Waals surface area (Å²) < 4.78 is 18.3. The molecule has 0 amide bonds. The van der Waals surface area contributed by atoms with Gasteiger partial charge >= 0.3 is 0 Å². The van der Waals surface area contributed by atoms with E-state index in [4.69, 9.17) is 0 Å². The first kappa shape index (κ1) is 12.0. The molecule has 0 saturated carbocycles. The molecule has 3 aliphatic rings. The van der Waals surface area contributed by atoms with Gasteiger partial charge in [-0.1, -0.05) is 13.0 Å². The molecule has 0 aromatic carbocycles. The van der Waals surface area contributed by atoms with E-state index in [0.717, 1.165) is 19.5 Å². The second-order valence-electron chi connectivity index (χ2n) is 5.71. The lowest BCUT2D eigenvalue weighted by Crippen LogP contribution is -2.29. The average Bonchev–Trinajstić information content (AvgIpc) is 2.98. The van der Waals surface area contributed by atoms with E-state index in [9.17, 15) is 4.57 Å². The average molecular weight is 254 g/mol. The zero-order chi connectivity index (χ0) is 12.0. The normalized spacial score (nSPS) is 43.6. The van der Waals surface area contributed by atoms with Crippen molar-refractivity contribution in [3.8, 4) is 0 Å². The van der Waals surface area contributed by atoms with Gasteiger partial charge in [0.05, 0.1) is 0 Å². The van der Waals surface area contributed by atoms with Crippen LogP contribution in [0.3, 0.4) is 0 Å². The molecule has 0 radical (unpaired) electrons. The predicted molar refractivity (Wildman–Crippen MR) is 71.3 cm³/mol. The maximum Gasteiger partial charge on any atom is 0.220 e. The smallest absolute Gasteiger partial charge is 0.220 e. The Hall–Kier alpha value is -0.110. The van der Waals surface area contributed by atoms with E-state index in [0.29, 0.717) is 12.1 Å². The number of fused-ring (bicyclic) bond motifs is 3. The Kier molecular flexibility index (Phi) is 2.97. The van der Waals surface area contributed by atoms with E-state index >= 15 is 0 Å². The lowest BCUT2D eigenvalue weighted by molar-refractivity contribution is 0.341. The minimum absolute atomic E-state index is 0.253. The van der Waals surface area contributed by atoms with E-state index < -0.39 is 7.44 Å². The summed E-state index contributed by atoms with van der Waals surface area (Å²) in [6, 6.07) is 1.19. The van der Waals surface area contributed by atoms with Crippen LogP contribution in [-0.4, -0.2) is 40.2 Å². The van der Waals surface area contributed by atoms with E-state index in [1.807, 2.05) is 6.08 Å². The maximum atomic E-state index is 13.5. The Morgan fingerprint density at radius 1 is 1.29 bits per heavy atom. The van der Waals surface area contributed by atoms with Crippen LogP contribution in [0.4, 0.5) is 0 Å². The van der Waals surface area contributed by atoms with Gasteiger partial charge in [0.1, 0.15) is 0 Å². The topological polar surface area (TPSA) is 23.6 Å². The van der Waals surface area contributed by atoms with Crippen LogP contribution in [0.2, 0.25) is 0 Å². The first-order valence-corrected chi connectivity index (χ1v) is 8.62. The standard InChI is InChI=1S/C13H23N2OP/c1-3-6-11(2)17(16)14-9-4-7-12(14)13-8-5-10-15(13)17/h3,11-13H,1,4-10H2,2H3. The van der Waals surface area contributed by atoms with Crippen molar-refractivity contribution < 1.29 is 4.57 Å². The van der Waals surface area contributed by atoms with Crippen LogP contribution in [0.15, 0.2) is 12.7 Å². The Bertz CT molecular complexity index is 346. The zero-order valence-electron chi connectivity index (χ0n) is 10.7. The molecule has 3 nitrogen and oxygen atoms in total. The molecule has 3 atom stereocenters. The second kappa shape index (κ2) is 4.22. The Balaban J connectivity index is 1.96. The van der Waals surface area contributed by atoms with Crippen LogP contribution in [0, 0.1) is 0 Å². The molecule has 0 aromatic rings. The Morgan fingerprint density at radius 3 is 2.29 bits per heavy atom. The van der Waals surface area contributed by atoms with Crippen molar-refractivity contribution in [3.63, 3.8) is 0 Å². The molecule has 3 rings (SSSR count). The van der Waals surface area contributed by atoms with Gasteiger partial charge in [-0.15, -0.1) is 6.58 Å². The molecular formula is C13H23N2OP. The quantitative estimate of drug-likeness (QED) is 0.571. The summed E-state index contributed by atoms with van der Waals surface area (Å²) in [4.78, 5) is 0. The fourth-order valence-corrected chi connectivity index (χ4v) is 8.06. The minimum Gasteiger partial charge on any atom is -0.288 e. The van der Waals surface area contributed by atoms with Gasteiger partial charge in [-0.25, -0.2) is 9.34 Å². The third-order valence-electron chi connectivity index (χ3n) is 4.80. The van der Waals surface area contributed by atoms with Gasteiger partial charge in [-0.2, -0.15) is 0 Å². The fourth-order valence-electron chi connectivity index (χ4n) is 4.08. The zero-order valence-corrected chi connectivity index (χ0v) is 11.6. The molecule has 0 N–H and O–H groups in total. The second-order valence-corrected chi connectivity index (χ2v) is 8.80. The third kappa shape index (κ3) is 1.52. The molecule has 3 saturated heterocycles. The molecule has 3 heterocycles. The molecule has 0 aliphatic carbocycles. The van der Waals surface area contributed by atoms with E-state index in [1.165, 1.54) is 25.7 Å². The Morgan fingerprint density at radius 2 is 1.82 bits per heavy atom. The highest BCUT2D eigenvalue weighted by Crippen LogP contribution is 2.69. The molecule has 0 spiro atoms. The van der Waals surface area contributed by atoms with Crippen molar-refractivity contribution in [2.45, 2.75) is 56.8 Å². The molecule has 3 fully saturated rings. The summed E-state index contributed by atoms with van der Waals surface area (Å²) in [7, 11) is -2.29. The molecular weight excluding hydrogens is 231 g/mol. The molecule has 4 heteroatoms. The van der Waals surface area contributed by atoms with Crippen molar-refractivity contribution >= 4 is 7.44 Å². The third-order valence-corrected chi connectivity index (χ3v) is 8.63. The summed E-state index contributed by atoms with van der Waals surface area (Å²) in [5.74, 6) is 0. The van der Waals surface area contributed by atoms with Gasteiger partial charge in [0.2, 0.25) is 7.44 Å². The van der Waals surface area contributed by atoms with Crippen molar-refractivity contribution in [2.24, 2.45) is 0 Å². The van der Waals surface area contributed by atoms with Crippen LogP contribution in [0.25, 0.3) is 0 Å². The minimum atomic E-state index is -2.29. The molecule has 0 aromatic heterocycles. The first-order valence-electron chi connectivity index (χ1n) is 6.94. The highest BCUT2D eigenvalue weighted by atomic mass is 31.2.